The molecule has 162 valence electrons. The van der Waals surface area contributed by atoms with Gasteiger partial charge in [0.15, 0.2) is 17.2 Å². The van der Waals surface area contributed by atoms with Crippen molar-refractivity contribution < 1.29 is 19.0 Å². The summed E-state index contributed by atoms with van der Waals surface area (Å²) in [5, 5.41) is 0.999. The summed E-state index contributed by atoms with van der Waals surface area (Å²) in [6, 6.07) is 18.3. The van der Waals surface area contributed by atoms with E-state index in [9.17, 15) is 4.79 Å². The second-order valence-corrected chi connectivity index (χ2v) is 8.88. The van der Waals surface area contributed by atoms with Crippen LogP contribution in [0.25, 0.3) is 6.08 Å². The van der Waals surface area contributed by atoms with E-state index in [0.717, 1.165) is 14.7 Å². The van der Waals surface area contributed by atoms with Gasteiger partial charge in [-0.3, -0.25) is 0 Å². The zero-order valence-electron chi connectivity index (χ0n) is 16.8. The lowest BCUT2D eigenvalue weighted by Gasteiger charge is -2.13. The number of hydrogen-bond donors (Lipinski definition) is 0. The Labute approximate surface area is 208 Å². The maximum absolute atomic E-state index is 12.3. The highest BCUT2D eigenvalue weighted by Crippen LogP contribution is 2.38. The Balaban J connectivity index is 1.58. The number of carbonyl (C=O) groups excluding carboxylic acids is 1. The minimum absolute atomic E-state index is 0.173. The number of ether oxygens (including phenoxy) is 3. The molecule has 0 saturated carbocycles. The smallest absolute Gasteiger partial charge is 0.363 e. The van der Waals surface area contributed by atoms with E-state index in [1.54, 1.807) is 30.3 Å². The molecule has 0 aromatic heterocycles. The molecule has 3 aromatic rings. The molecule has 32 heavy (non-hydrogen) atoms. The van der Waals surface area contributed by atoms with Gasteiger partial charge in [0, 0.05) is 14.2 Å². The Kier molecular flexibility index (Phi) is 7.03. The van der Waals surface area contributed by atoms with Gasteiger partial charge in [0.1, 0.15) is 6.61 Å². The van der Waals surface area contributed by atoms with Crippen molar-refractivity contribution in [3.05, 3.63) is 96.7 Å². The van der Waals surface area contributed by atoms with Crippen LogP contribution in [0.1, 0.15) is 16.7 Å². The molecule has 0 N–H and O–H groups in total. The van der Waals surface area contributed by atoms with Crippen molar-refractivity contribution in [2.45, 2.75) is 6.61 Å². The first-order chi connectivity index (χ1) is 15.4. The zero-order valence-corrected chi connectivity index (χ0v) is 20.4. The molecule has 0 saturated heterocycles. The SMILES string of the molecule is COc1cc(/C=C2\N=C(c3ccc(I)cc3)OC2=O)cc(Cl)c1OCc1ccc(Cl)cc1. The number of benzene rings is 3. The van der Waals surface area contributed by atoms with Crippen molar-refractivity contribution in [2.24, 2.45) is 4.99 Å². The Morgan fingerprint density at radius 3 is 2.47 bits per heavy atom. The maximum Gasteiger partial charge on any atom is 0.363 e. The van der Waals surface area contributed by atoms with E-state index >= 15 is 0 Å². The number of esters is 1. The summed E-state index contributed by atoms with van der Waals surface area (Å²) in [7, 11) is 1.52. The summed E-state index contributed by atoms with van der Waals surface area (Å²) in [5.41, 5.74) is 2.46. The molecule has 4 rings (SSSR count). The molecule has 0 amide bonds. The number of rotatable bonds is 6. The van der Waals surface area contributed by atoms with Crippen molar-refractivity contribution in [2.75, 3.05) is 7.11 Å². The van der Waals surface area contributed by atoms with Gasteiger partial charge in [-0.2, -0.15) is 0 Å². The molecule has 0 radical (unpaired) electrons. The molecular weight excluding hydrogens is 564 g/mol. The molecule has 1 heterocycles. The number of halogens is 3. The number of hydrogen-bond acceptors (Lipinski definition) is 5. The van der Waals surface area contributed by atoms with Crippen LogP contribution in [0.3, 0.4) is 0 Å². The van der Waals surface area contributed by atoms with Crippen LogP contribution < -0.4 is 9.47 Å². The van der Waals surface area contributed by atoms with Gasteiger partial charge in [0.25, 0.3) is 0 Å². The van der Waals surface area contributed by atoms with Crippen molar-refractivity contribution in [1.82, 2.24) is 0 Å². The van der Waals surface area contributed by atoms with Gasteiger partial charge >= 0.3 is 5.97 Å². The van der Waals surface area contributed by atoms with Gasteiger partial charge in [-0.15, -0.1) is 0 Å². The largest absolute Gasteiger partial charge is 0.493 e. The molecule has 1 aliphatic rings. The first-order valence-electron chi connectivity index (χ1n) is 9.46. The molecular formula is C24H16Cl2INO4. The van der Waals surface area contributed by atoms with E-state index in [4.69, 9.17) is 37.4 Å². The van der Waals surface area contributed by atoms with Crippen LogP contribution in [0.4, 0.5) is 0 Å². The van der Waals surface area contributed by atoms with Crippen LogP contribution in [-0.2, 0) is 16.1 Å². The summed E-state index contributed by atoms with van der Waals surface area (Å²) in [6.07, 6.45) is 1.60. The second-order valence-electron chi connectivity index (χ2n) is 6.79. The van der Waals surface area contributed by atoms with E-state index in [0.29, 0.717) is 33.7 Å². The topological polar surface area (TPSA) is 57.1 Å². The fourth-order valence-electron chi connectivity index (χ4n) is 2.98. The number of nitrogens with zero attached hydrogens (tertiary/aromatic N) is 1. The second kappa shape index (κ2) is 9.94. The summed E-state index contributed by atoms with van der Waals surface area (Å²) in [5.74, 6) is 0.574. The Hall–Kier alpha value is -2.55. The highest BCUT2D eigenvalue weighted by atomic mass is 127. The van der Waals surface area contributed by atoms with Crippen LogP contribution in [0.15, 0.2) is 71.4 Å². The molecule has 0 aliphatic carbocycles. The number of cyclic esters (lactones) is 1. The van der Waals surface area contributed by atoms with E-state index in [-0.39, 0.29) is 11.6 Å². The van der Waals surface area contributed by atoms with Gasteiger partial charge < -0.3 is 14.2 Å². The fraction of sp³-hybridized carbons (Fsp3) is 0.0833. The van der Waals surface area contributed by atoms with Gasteiger partial charge in [-0.05, 0) is 88.3 Å². The van der Waals surface area contributed by atoms with Gasteiger partial charge in [-0.25, -0.2) is 9.79 Å². The molecule has 8 heteroatoms. The van der Waals surface area contributed by atoms with E-state index < -0.39 is 5.97 Å². The van der Waals surface area contributed by atoms with Crippen LogP contribution in [0, 0.1) is 3.57 Å². The molecule has 3 aromatic carbocycles. The third-order valence-corrected chi connectivity index (χ3v) is 5.82. The third-order valence-electron chi connectivity index (χ3n) is 4.56. The minimum atomic E-state index is -0.531. The average molecular weight is 580 g/mol. The quantitative estimate of drug-likeness (QED) is 0.189. The molecule has 0 bridgehead atoms. The van der Waals surface area contributed by atoms with Gasteiger partial charge in [0.05, 0.1) is 12.1 Å². The highest BCUT2D eigenvalue weighted by molar-refractivity contribution is 14.1. The summed E-state index contributed by atoms with van der Waals surface area (Å²) in [4.78, 5) is 16.6. The Morgan fingerprint density at radius 2 is 1.78 bits per heavy atom. The number of carbonyl (C=O) groups is 1. The minimum Gasteiger partial charge on any atom is -0.493 e. The van der Waals surface area contributed by atoms with Gasteiger partial charge in [-0.1, -0.05) is 35.3 Å². The molecule has 0 unspecified atom stereocenters. The van der Waals surface area contributed by atoms with Crippen molar-refractivity contribution >= 4 is 63.7 Å². The molecule has 1 aliphatic heterocycles. The normalized spacial score (nSPS) is 14.3. The maximum atomic E-state index is 12.3. The lowest BCUT2D eigenvalue weighted by molar-refractivity contribution is -0.129. The molecule has 5 nitrogen and oxygen atoms in total. The van der Waals surface area contributed by atoms with Crippen molar-refractivity contribution in [3.8, 4) is 11.5 Å². The number of methoxy groups -OCH3 is 1. The Bertz CT molecular complexity index is 1220. The van der Waals surface area contributed by atoms with Crippen LogP contribution in [0.2, 0.25) is 10.0 Å². The van der Waals surface area contributed by atoms with E-state index in [2.05, 4.69) is 27.6 Å². The summed E-state index contributed by atoms with van der Waals surface area (Å²) >= 11 is 14.6. The zero-order chi connectivity index (χ0) is 22.7. The van der Waals surface area contributed by atoms with E-state index in [1.807, 2.05) is 36.4 Å². The highest BCUT2D eigenvalue weighted by Gasteiger charge is 2.24. The third kappa shape index (κ3) is 5.26. The predicted octanol–water partition coefficient (Wildman–Crippen LogP) is 6.53. The van der Waals surface area contributed by atoms with Crippen molar-refractivity contribution in [1.29, 1.82) is 0 Å². The molecule has 0 spiro atoms. The van der Waals surface area contributed by atoms with Gasteiger partial charge in [0.2, 0.25) is 5.90 Å². The Morgan fingerprint density at radius 1 is 1.06 bits per heavy atom. The number of aliphatic imine (C=N–C) groups is 1. The molecule has 0 fully saturated rings. The van der Waals surface area contributed by atoms with Crippen molar-refractivity contribution in [3.63, 3.8) is 0 Å². The van der Waals surface area contributed by atoms with Crippen LogP contribution in [-0.4, -0.2) is 19.0 Å². The van der Waals surface area contributed by atoms with Crippen LogP contribution in [0.5, 0.6) is 11.5 Å². The van der Waals surface area contributed by atoms with Crippen LogP contribution >= 0.6 is 45.8 Å². The lowest BCUT2D eigenvalue weighted by atomic mass is 10.1. The average Bonchev–Trinajstić information content (AvgIpc) is 3.14. The summed E-state index contributed by atoms with van der Waals surface area (Å²) < 4.78 is 17.7. The summed E-state index contributed by atoms with van der Waals surface area (Å²) in [6.45, 7) is 0.295. The lowest BCUT2D eigenvalue weighted by Crippen LogP contribution is -2.05. The fourth-order valence-corrected chi connectivity index (χ4v) is 3.74. The standard InChI is InChI=1S/C24H16Cl2INO4/c1-30-21-12-15(10-19(26)22(21)31-13-14-2-6-17(25)7-3-14)11-20-24(29)32-23(28-20)16-4-8-18(27)9-5-16/h2-12H,13H2,1H3/b20-11-. The first kappa shape index (κ1) is 22.6. The monoisotopic (exact) mass is 579 g/mol. The molecule has 0 atom stereocenters. The van der Waals surface area contributed by atoms with E-state index in [1.165, 1.54) is 7.11 Å². The predicted molar refractivity (Wildman–Crippen MR) is 134 cm³/mol. The first-order valence-corrected chi connectivity index (χ1v) is 11.3.